The van der Waals surface area contributed by atoms with Crippen LogP contribution in [0.15, 0.2) is 60.8 Å². The number of benzene rings is 2. The third-order valence-corrected chi connectivity index (χ3v) is 7.10. The van der Waals surface area contributed by atoms with Gasteiger partial charge in [-0.3, -0.25) is 14.4 Å². The minimum atomic E-state index is -2.28. The van der Waals surface area contributed by atoms with Crippen LogP contribution in [0, 0.1) is 5.82 Å². The van der Waals surface area contributed by atoms with Gasteiger partial charge in [-0.05, 0) is 55.3 Å². The molecule has 1 aromatic heterocycles. The van der Waals surface area contributed by atoms with Crippen molar-refractivity contribution < 1.29 is 28.3 Å². The number of carbonyl (C=O) groups excluding carboxylic acids is 4. The lowest BCUT2D eigenvalue weighted by Gasteiger charge is -2.35. The summed E-state index contributed by atoms with van der Waals surface area (Å²) in [7, 11) is 1.09. The van der Waals surface area contributed by atoms with Crippen molar-refractivity contribution in [3.8, 4) is 0 Å². The number of nitrogens with zero attached hydrogens (tertiary/aromatic N) is 3. The first-order chi connectivity index (χ1) is 19.7. The highest BCUT2D eigenvalue weighted by Crippen LogP contribution is 2.41. The molecule has 0 saturated carbocycles. The summed E-state index contributed by atoms with van der Waals surface area (Å²) < 4.78 is 20.2. The molecule has 3 heterocycles. The van der Waals surface area contributed by atoms with Gasteiger partial charge < -0.3 is 30.5 Å². The number of aromatic nitrogens is 1. The number of methoxy groups -OCH3 is 1. The Morgan fingerprint density at radius 3 is 2.51 bits per heavy atom. The highest BCUT2D eigenvalue weighted by molar-refractivity contribution is 6.30. The summed E-state index contributed by atoms with van der Waals surface area (Å²) in [6, 6.07) is 13.3. The Labute approximate surface area is 239 Å². The highest BCUT2D eigenvalue weighted by atomic mass is 35.5. The lowest BCUT2D eigenvalue weighted by Crippen LogP contribution is -2.66. The molecule has 2 aromatic carbocycles. The van der Waals surface area contributed by atoms with Crippen LogP contribution in [0.2, 0.25) is 5.02 Å². The number of hydrogen-bond donors (Lipinski definition) is 3. The fourth-order valence-corrected chi connectivity index (χ4v) is 5.00. The summed E-state index contributed by atoms with van der Waals surface area (Å²) in [5.74, 6) is -3.60. The van der Waals surface area contributed by atoms with Gasteiger partial charge in [0.15, 0.2) is 0 Å². The summed E-state index contributed by atoms with van der Waals surface area (Å²) in [5, 5.41) is 8.29. The molecule has 2 aliphatic rings. The molecule has 0 radical (unpaired) electrons. The summed E-state index contributed by atoms with van der Waals surface area (Å²) in [4.78, 5) is 59.8. The molecule has 212 valence electrons. The Morgan fingerprint density at radius 1 is 1.07 bits per heavy atom. The van der Waals surface area contributed by atoms with Crippen LogP contribution in [-0.2, 0) is 19.1 Å². The average Bonchev–Trinajstić information content (AvgIpc) is 3.62. The van der Waals surface area contributed by atoms with Crippen LogP contribution in [0.5, 0.6) is 0 Å². The summed E-state index contributed by atoms with van der Waals surface area (Å²) in [6.45, 7) is 0.719. The predicted molar refractivity (Wildman–Crippen MR) is 150 cm³/mol. The molecule has 0 bridgehead atoms. The molecule has 11 nitrogen and oxygen atoms in total. The van der Waals surface area contributed by atoms with Crippen molar-refractivity contribution in [2.75, 3.05) is 47.6 Å². The van der Waals surface area contributed by atoms with Gasteiger partial charge in [0, 0.05) is 24.8 Å². The van der Waals surface area contributed by atoms with Crippen LogP contribution in [0.25, 0.3) is 0 Å². The van der Waals surface area contributed by atoms with Gasteiger partial charge >= 0.3 is 5.97 Å². The van der Waals surface area contributed by atoms with Crippen molar-refractivity contribution in [3.05, 3.63) is 77.2 Å². The summed E-state index contributed by atoms with van der Waals surface area (Å²) >= 11 is 5.86. The third kappa shape index (κ3) is 5.38. The lowest BCUT2D eigenvalue weighted by molar-refractivity contribution is -0.149. The Bertz CT molecular complexity index is 1510. The van der Waals surface area contributed by atoms with Gasteiger partial charge in [-0.25, -0.2) is 14.2 Å². The zero-order valence-electron chi connectivity index (χ0n) is 21.9. The van der Waals surface area contributed by atoms with E-state index in [1.165, 1.54) is 29.3 Å². The van der Waals surface area contributed by atoms with Crippen molar-refractivity contribution in [1.82, 2.24) is 9.88 Å². The maximum Gasteiger partial charge on any atom is 0.363 e. The second-order valence-corrected chi connectivity index (χ2v) is 9.92. The Morgan fingerprint density at radius 2 is 1.83 bits per heavy atom. The Balaban J connectivity index is 1.44. The quantitative estimate of drug-likeness (QED) is 0.286. The minimum Gasteiger partial charge on any atom is -0.465 e. The average molecular weight is 581 g/mol. The van der Waals surface area contributed by atoms with Gasteiger partial charge in [0.25, 0.3) is 17.5 Å². The molecule has 3 amide bonds. The Kier molecular flexibility index (Phi) is 7.75. The van der Waals surface area contributed by atoms with Crippen molar-refractivity contribution in [2.45, 2.75) is 18.5 Å². The van der Waals surface area contributed by atoms with Gasteiger partial charge in [0.05, 0.1) is 29.2 Å². The van der Waals surface area contributed by atoms with Crippen LogP contribution < -0.4 is 20.9 Å². The molecule has 0 aliphatic carbocycles. The van der Waals surface area contributed by atoms with Gasteiger partial charge in [-0.15, -0.1) is 0 Å². The fraction of sp³-hybridized carbons (Fsp3) is 0.250. The van der Waals surface area contributed by atoms with E-state index < -0.39 is 35.8 Å². The molecule has 1 fully saturated rings. The van der Waals surface area contributed by atoms with E-state index >= 15 is 4.39 Å². The zero-order chi connectivity index (χ0) is 29.1. The molecule has 3 N–H and O–H groups in total. The summed E-state index contributed by atoms with van der Waals surface area (Å²) in [6.07, 6.45) is 3.13. The van der Waals surface area contributed by atoms with Crippen LogP contribution in [0.3, 0.4) is 0 Å². The molecule has 1 unspecified atom stereocenters. The number of hydrogen-bond acceptors (Lipinski definition) is 8. The van der Waals surface area contributed by atoms with E-state index in [-0.39, 0.29) is 23.0 Å². The minimum absolute atomic E-state index is 0.144. The number of pyridine rings is 1. The predicted octanol–water partition coefficient (Wildman–Crippen LogP) is 3.49. The fourth-order valence-electron chi connectivity index (χ4n) is 4.88. The van der Waals surface area contributed by atoms with Gasteiger partial charge in [-0.1, -0.05) is 23.7 Å². The number of carbonyl (C=O) groups is 4. The van der Waals surface area contributed by atoms with E-state index in [0.717, 1.165) is 26.0 Å². The van der Waals surface area contributed by atoms with Gasteiger partial charge in [-0.2, -0.15) is 0 Å². The van der Waals surface area contributed by atoms with Crippen LogP contribution in [-0.4, -0.2) is 66.0 Å². The van der Waals surface area contributed by atoms with Crippen molar-refractivity contribution >= 4 is 58.2 Å². The molecule has 1 atom stereocenters. The number of para-hydroxylation sites is 2. The number of rotatable bonds is 7. The maximum absolute atomic E-state index is 15.2. The van der Waals surface area contributed by atoms with Crippen LogP contribution in [0.4, 0.5) is 27.3 Å². The van der Waals surface area contributed by atoms with Crippen molar-refractivity contribution in [1.29, 1.82) is 0 Å². The normalized spacial score (nSPS) is 17.4. The summed E-state index contributed by atoms with van der Waals surface area (Å²) in [5.41, 5.74) is -1.66. The first-order valence-corrected chi connectivity index (χ1v) is 13.2. The molecular weight excluding hydrogens is 555 g/mol. The molecule has 3 aromatic rings. The molecule has 0 spiro atoms. The number of ether oxygens (including phenoxy) is 1. The number of fused-ring (bicyclic) bond motifs is 1. The standard InChI is InChI=1S/C28H26ClFN6O5/c1-41-27(40)28(26(39)32-20-10-8-17(14-19(20)30)25(38)35-12-4-5-13-35)34-21-6-2-3-7-22(21)36(28)16-24(37)33-23-11-9-18(29)15-31-23/h2-3,6-11,14-15,34H,4-5,12-13,16H2,1H3,(H,32,39)(H,31,33,37). The maximum atomic E-state index is 15.2. The molecular formula is C28H26ClFN6O5. The Hall–Kier alpha value is -4.71. The SMILES string of the molecule is COC(=O)C1(C(=O)Nc2ccc(C(=O)N3CCCC3)cc2F)Nc2ccccc2N1CC(=O)Nc1ccc(Cl)cn1. The van der Waals surface area contributed by atoms with E-state index in [1.54, 1.807) is 35.2 Å². The number of amides is 3. The number of halogens is 2. The van der Waals surface area contributed by atoms with Crippen LogP contribution in [0.1, 0.15) is 23.2 Å². The number of anilines is 4. The van der Waals surface area contributed by atoms with E-state index in [2.05, 4.69) is 20.9 Å². The number of likely N-dealkylation sites (tertiary alicyclic amines) is 1. The van der Waals surface area contributed by atoms with Crippen molar-refractivity contribution in [3.63, 3.8) is 0 Å². The third-order valence-electron chi connectivity index (χ3n) is 6.88. The van der Waals surface area contributed by atoms with E-state index in [1.807, 2.05) is 0 Å². The van der Waals surface area contributed by atoms with E-state index in [0.29, 0.717) is 29.5 Å². The number of nitrogens with one attached hydrogen (secondary N) is 3. The molecule has 13 heteroatoms. The first-order valence-electron chi connectivity index (χ1n) is 12.8. The molecule has 1 saturated heterocycles. The molecule has 41 heavy (non-hydrogen) atoms. The topological polar surface area (TPSA) is 133 Å². The monoisotopic (exact) mass is 580 g/mol. The zero-order valence-corrected chi connectivity index (χ0v) is 22.7. The van der Waals surface area contributed by atoms with E-state index in [4.69, 9.17) is 16.3 Å². The van der Waals surface area contributed by atoms with Crippen molar-refractivity contribution in [2.24, 2.45) is 0 Å². The lowest BCUT2D eigenvalue weighted by atomic mass is 10.1. The van der Waals surface area contributed by atoms with Gasteiger partial charge in [0.2, 0.25) is 5.91 Å². The van der Waals surface area contributed by atoms with Crippen LogP contribution >= 0.6 is 11.6 Å². The smallest absolute Gasteiger partial charge is 0.363 e. The number of esters is 1. The molecule has 2 aliphatic heterocycles. The second kappa shape index (κ2) is 11.4. The van der Waals surface area contributed by atoms with Gasteiger partial charge in [0.1, 0.15) is 18.2 Å². The largest absolute Gasteiger partial charge is 0.465 e. The molecule has 5 rings (SSSR count). The second-order valence-electron chi connectivity index (χ2n) is 9.49. The highest BCUT2D eigenvalue weighted by Gasteiger charge is 2.58. The first kappa shape index (κ1) is 27.8. The van der Waals surface area contributed by atoms with E-state index in [9.17, 15) is 19.2 Å².